The summed E-state index contributed by atoms with van der Waals surface area (Å²) in [6, 6.07) is 30.5. The smallest absolute Gasteiger partial charge is 0.249 e. The van der Waals surface area contributed by atoms with Gasteiger partial charge in [-0.05, 0) is 76.0 Å². The number of hydrogen-bond acceptors (Lipinski definition) is 5. The monoisotopic (exact) mass is 660 g/mol. The van der Waals surface area contributed by atoms with Crippen LogP contribution in [-0.4, -0.2) is 49.4 Å². The molecule has 0 aliphatic rings. The Balaban J connectivity index is 1.41. The van der Waals surface area contributed by atoms with Crippen molar-refractivity contribution in [3.63, 3.8) is 0 Å². The molecule has 0 saturated heterocycles. The number of carbonyl (C=O) groups excluding carboxylic acids is 3. The van der Waals surface area contributed by atoms with Crippen LogP contribution < -0.4 is 15.0 Å². The number of ether oxygens (including phenoxy) is 1. The third-order valence-electron chi connectivity index (χ3n) is 8.15. The molecular weight excluding hydrogens is 626 g/mol. The number of anilines is 1. The highest BCUT2D eigenvalue weighted by molar-refractivity contribution is 5.99. The lowest BCUT2D eigenvalue weighted by molar-refractivity contribution is -0.136. The molecule has 0 heterocycles. The molecule has 1 N–H and O–H groups in total. The normalized spacial score (nSPS) is 11.3. The van der Waals surface area contributed by atoms with Crippen LogP contribution in [0.25, 0.3) is 10.8 Å². The molecule has 5 aromatic carbocycles. The summed E-state index contributed by atoms with van der Waals surface area (Å²) in [4.78, 5) is 44.1. The van der Waals surface area contributed by atoms with Crippen LogP contribution in [0.1, 0.15) is 22.3 Å². The van der Waals surface area contributed by atoms with Crippen LogP contribution in [-0.2, 0) is 33.8 Å². The maximum absolute atomic E-state index is 14.1. The van der Waals surface area contributed by atoms with Gasteiger partial charge in [-0.1, -0.05) is 54.6 Å². The lowest BCUT2D eigenvalue weighted by Crippen LogP contribution is -2.51. The van der Waals surface area contributed by atoms with Crippen molar-refractivity contribution in [2.75, 3.05) is 25.6 Å². The zero-order valence-electron chi connectivity index (χ0n) is 27.0. The number of amides is 3. The van der Waals surface area contributed by atoms with Crippen LogP contribution in [0, 0.1) is 23.0 Å². The minimum atomic E-state index is -1.23. The number of nitriles is 1. The SMILES string of the molecule is COc1ccc(N(C)C(=O)[C@H](Cc2cc(F)cc(F)c2)NC(=O)CN(Cc2ccc(C#N)cc2)C(=O)Cc2cccc3ccccc23)cc1. The van der Waals surface area contributed by atoms with Crippen molar-refractivity contribution in [3.8, 4) is 11.8 Å². The van der Waals surface area contributed by atoms with E-state index >= 15 is 0 Å². The molecule has 248 valence electrons. The average molecular weight is 661 g/mol. The number of halogens is 2. The highest BCUT2D eigenvalue weighted by Gasteiger charge is 2.28. The van der Waals surface area contributed by atoms with Gasteiger partial charge >= 0.3 is 0 Å². The van der Waals surface area contributed by atoms with Gasteiger partial charge < -0.3 is 19.9 Å². The topological polar surface area (TPSA) is 103 Å². The molecule has 5 rings (SSSR count). The van der Waals surface area contributed by atoms with Crippen LogP contribution >= 0.6 is 0 Å². The molecule has 0 bridgehead atoms. The van der Waals surface area contributed by atoms with Crippen molar-refractivity contribution in [1.29, 1.82) is 5.26 Å². The molecule has 0 fully saturated rings. The zero-order valence-corrected chi connectivity index (χ0v) is 27.0. The van der Waals surface area contributed by atoms with E-state index in [2.05, 4.69) is 11.4 Å². The number of benzene rings is 5. The summed E-state index contributed by atoms with van der Waals surface area (Å²) in [5.41, 5.74) is 2.60. The Hall–Kier alpha value is -6.08. The van der Waals surface area contributed by atoms with Crippen molar-refractivity contribution in [2.24, 2.45) is 0 Å². The van der Waals surface area contributed by atoms with Crippen LogP contribution in [0.4, 0.5) is 14.5 Å². The van der Waals surface area contributed by atoms with Gasteiger partial charge in [0.15, 0.2) is 0 Å². The van der Waals surface area contributed by atoms with Gasteiger partial charge in [-0.25, -0.2) is 8.78 Å². The first-order valence-corrected chi connectivity index (χ1v) is 15.5. The summed E-state index contributed by atoms with van der Waals surface area (Å²) < 4.78 is 33.5. The number of carbonyl (C=O) groups is 3. The van der Waals surface area contributed by atoms with Gasteiger partial charge in [0.05, 0.1) is 31.7 Å². The van der Waals surface area contributed by atoms with Gasteiger partial charge in [-0.15, -0.1) is 0 Å². The summed E-state index contributed by atoms with van der Waals surface area (Å²) in [6.07, 6.45) is -0.199. The number of nitrogens with zero attached hydrogens (tertiary/aromatic N) is 3. The molecule has 0 spiro atoms. The van der Waals surface area contributed by atoms with E-state index in [1.54, 1.807) is 48.5 Å². The minimum absolute atomic E-state index is 0.00997. The molecule has 0 aliphatic heterocycles. The third-order valence-corrected chi connectivity index (χ3v) is 8.15. The van der Waals surface area contributed by atoms with Crippen LogP contribution in [0.15, 0.2) is 109 Å². The van der Waals surface area contributed by atoms with E-state index in [0.29, 0.717) is 22.6 Å². The van der Waals surface area contributed by atoms with Gasteiger partial charge in [0.25, 0.3) is 0 Å². The summed E-state index contributed by atoms with van der Waals surface area (Å²) in [6.45, 7) is -0.348. The number of fused-ring (bicyclic) bond motifs is 1. The fraction of sp³-hybridized carbons (Fsp3) is 0.179. The van der Waals surface area contributed by atoms with E-state index in [4.69, 9.17) is 4.74 Å². The summed E-state index contributed by atoms with van der Waals surface area (Å²) in [7, 11) is 3.05. The van der Waals surface area contributed by atoms with Gasteiger partial charge in [0.1, 0.15) is 23.4 Å². The van der Waals surface area contributed by atoms with Gasteiger partial charge in [0.2, 0.25) is 17.7 Å². The predicted octanol–water partition coefficient (Wildman–Crippen LogP) is 5.96. The quantitative estimate of drug-likeness (QED) is 0.178. The maximum atomic E-state index is 14.1. The van der Waals surface area contributed by atoms with E-state index in [9.17, 15) is 28.4 Å². The molecule has 49 heavy (non-hydrogen) atoms. The molecule has 10 heteroatoms. The first-order chi connectivity index (χ1) is 23.6. The Kier molecular flexibility index (Phi) is 11.0. The second-order valence-electron chi connectivity index (χ2n) is 11.6. The average Bonchev–Trinajstić information content (AvgIpc) is 3.10. The molecule has 0 unspecified atom stereocenters. The van der Waals surface area contributed by atoms with Crippen molar-refractivity contribution in [1.82, 2.24) is 10.2 Å². The number of likely N-dealkylation sites (N-methyl/N-ethyl adjacent to an activating group) is 1. The standard InChI is InChI=1S/C39H34F2N4O4/c1-44(33-14-16-34(49-2)17-15-33)39(48)36(20-28-18-31(40)22-32(41)19-28)43-37(46)25-45(24-27-12-10-26(23-42)11-13-27)38(47)21-30-8-5-7-29-6-3-4-9-35(29)30/h3-19,22,36H,20-21,24-25H2,1-2H3,(H,43,46)/t36-/m0/s1. The van der Waals surface area contributed by atoms with E-state index in [-0.39, 0.29) is 30.9 Å². The fourth-order valence-electron chi connectivity index (χ4n) is 5.60. The Morgan fingerprint density at radius 1 is 0.857 bits per heavy atom. The minimum Gasteiger partial charge on any atom is -0.497 e. The largest absolute Gasteiger partial charge is 0.497 e. The fourth-order valence-corrected chi connectivity index (χ4v) is 5.60. The van der Waals surface area contributed by atoms with Crippen LogP contribution in [0.3, 0.4) is 0 Å². The molecule has 3 amide bonds. The lowest BCUT2D eigenvalue weighted by atomic mass is 10.0. The summed E-state index contributed by atoms with van der Waals surface area (Å²) in [5, 5.41) is 13.8. The van der Waals surface area contributed by atoms with Crippen molar-refractivity contribution in [3.05, 3.63) is 143 Å². The van der Waals surface area contributed by atoms with E-state index < -0.39 is 36.0 Å². The van der Waals surface area contributed by atoms with Gasteiger partial charge in [-0.3, -0.25) is 14.4 Å². The second kappa shape index (κ2) is 15.7. The number of methoxy groups -OCH3 is 1. The zero-order chi connectivity index (χ0) is 34.9. The number of rotatable bonds is 12. The molecule has 8 nitrogen and oxygen atoms in total. The van der Waals surface area contributed by atoms with Crippen molar-refractivity contribution < 1.29 is 27.9 Å². The van der Waals surface area contributed by atoms with Gasteiger partial charge in [-0.2, -0.15) is 5.26 Å². The predicted molar refractivity (Wildman–Crippen MR) is 183 cm³/mol. The van der Waals surface area contributed by atoms with E-state index in [0.717, 1.165) is 34.5 Å². The van der Waals surface area contributed by atoms with Gasteiger partial charge in [0, 0.05) is 31.8 Å². The third kappa shape index (κ3) is 8.84. The van der Waals surface area contributed by atoms with E-state index in [1.165, 1.54) is 24.0 Å². The molecule has 0 radical (unpaired) electrons. The maximum Gasteiger partial charge on any atom is 0.249 e. The first-order valence-electron chi connectivity index (χ1n) is 15.5. The lowest BCUT2D eigenvalue weighted by Gasteiger charge is -2.27. The molecule has 1 atom stereocenters. The highest BCUT2D eigenvalue weighted by atomic mass is 19.1. The Morgan fingerprint density at radius 3 is 2.20 bits per heavy atom. The first kappa shape index (κ1) is 34.3. The van der Waals surface area contributed by atoms with Crippen LogP contribution in [0.2, 0.25) is 0 Å². The molecule has 0 aliphatic carbocycles. The van der Waals surface area contributed by atoms with Crippen molar-refractivity contribution in [2.45, 2.75) is 25.4 Å². The van der Waals surface area contributed by atoms with Crippen LogP contribution in [0.5, 0.6) is 5.75 Å². The highest BCUT2D eigenvalue weighted by Crippen LogP contribution is 2.22. The summed E-state index contributed by atoms with van der Waals surface area (Å²) >= 11 is 0. The molecule has 0 aromatic heterocycles. The Labute approximate surface area is 283 Å². The molecule has 5 aromatic rings. The molecular formula is C39H34F2N4O4. The number of nitrogens with one attached hydrogen (secondary N) is 1. The molecule has 0 saturated carbocycles. The summed E-state index contributed by atoms with van der Waals surface area (Å²) in [5.74, 6) is -2.56. The van der Waals surface area contributed by atoms with Crippen molar-refractivity contribution >= 4 is 34.2 Å². The Morgan fingerprint density at radius 2 is 1.53 bits per heavy atom. The number of hydrogen-bond donors (Lipinski definition) is 1. The Bertz CT molecular complexity index is 1980. The van der Waals surface area contributed by atoms with E-state index in [1.807, 2.05) is 42.5 Å². The second-order valence-corrected chi connectivity index (χ2v) is 11.6.